The van der Waals surface area contributed by atoms with E-state index >= 15 is 0 Å². The summed E-state index contributed by atoms with van der Waals surface area (Å²) < 4.78 is 0. The first-order valence-electron chi connectivity index (χ1n) is 11.8. The molecule has 6 heteroatoms. The van der Waals surface area contributed by atoms with Crippen LogP contribution in [0.15, 0.2) is 90.0 Å². The summed E-state index contributed by atoms with van der Waals surface area (Å²) in [5.74, 6) is 0.117. The molecular weight excluding hydrogens is 424 g/mol. The topological polar surface area (TPSA) is 68.2 Å². The summed E-state index contributed by atoms with van der Waals surface area (Å²) in [6.07, 6.45) is 0.410. The van der Waals surface area contributed by atoms with E-state index in [-0.39, 0.29) is 17.7 Å². The van der Waals surface area contributed by atoms with Gasteiger partial charge in [-0.3, -0.25) is 9.69 Å². The van der Waals surface area contributed by atoms with E-state index in [0.717, 1.165) is 38.3 Å². The second kappa shape index (κ2) is 11.6. The Labute approximate surface area is 201 Å². The first kappa shape index (κ1) is 23.7. The van der Waals surface area contributed by atoms with Crippen LogP contribution in [0.2, 0.25) is 0 Å². The quantitative estimate of drug-likeness (QED) is 0.397. The van der Waals surface area contributed by atoms with Gasteiger partial charge in [-0.15, -0.1) is 0 Å². The first-order valence-corrected chi connectivity index (χ1v) is 11.8. The van der Waals surface area contributed by atoms with Crippen LogP contribution in [-0.2, 0) is 4.79 Å². The number of nitrogens with zero attached hydrogens (tertiary/aromatic N) is 3. The van der Waals surface area contributed by atoms with Crippen molar-refractivity contribution in [2.45, 2.75) is 19.4 Å². The van der Waals surface area contributed by atoms with Crippen molar-refractivity contribution in [3.63, 3.8) is 0 Å². The monoisotopic (exact) mass is 456 g/mol. The molecule has 3 aromatic rings. The van der Waals surface area contributed by atoms with Crippen molar-refractivity contribution in [3.05, 3.63) is 102 Å². The third-order valence-electron chi connectivity index (χ3n) is 6.29. The number of phenolic OH excluding ortho intramolecular Hbond substituents is 1. The van der Waals surface area contributed by atoms with Crippen molar-refractivity contribution in [2.75, 3.05) is 32.7 Å². The summed E-state index contributed by atoms with van der Waals surface area (Å²) in [6, 6.07) is 28.4. The number of aromatic hydroxyl groups is 1. The fourth-order valence-corrected chi connectivity index (χ4v) is 4.36. The molecule has 176 valence electrons. The molecular formula is C28H32N4O2. The van der Waals surface area contributed by atoms with Crippen LogP contribution in [0.25, 0.3) is 0 Å². The number of benzene rings is 3. The predicted molar refractivity (Wildman–Crippen MR) is 136 cm³/mol. The molecule has 1 saturated heterocycles. The minimum atomic E-state index is -0.0907. The lowest BCUT2D eigenvalue weighted by Crippen LogP contribution is -2.48. The van der Waals surface area contributed by atoms with E-state index in [2.05, 4.69) is 81.0 Å². The Hall–Kier alpha value is -3.48. The molecule has 1 amide bonds. The van der Waals surface area contributed by atoms with Crippen molar-refractivity contribution < 1.29 is 9.90 Å². The van der Waals surface area contributed by atoms with Crippen molar-refractivity contribution in [2.24, 2.45) is 5.10 Å². The zero-order valence-electron chi connectivity index (χ0n) is 19.6. The molecule has 0 spiro atoms. The highest BCUT2D eigenvalue weighted by Gasteiger charge is 2.26. The van der Waals surface area contributed by atoms with Gasteiger partial charge in [0.2, 0.25) is 5.91 Å². The summed E-state index contributed by atoms with van der Waals surface area (Å²) in [5, 5.41) is 13.6. The van der Waals surface area contributed by atoms with E-state index in [1.54, 1.807) is 24.3 Å². The zero-order valence-corrected chi connectivity index (χ0v) is 19.6. The average Bonchev–Trinajstić information content (AvgIpc) is 2.88. The van der Waals surface area contributed by atoms with Gasteiger partial charge in [0, 0.05) is 39.1 Å². The van der Waals surface area contributed by atoms with Crippen molar-refractivity contribution in [3.8, 4) is 5.75 Å². The predicted octanol–water partition coefficient (Wildman–Crippen LogP) is 4.03. The molecule has 3 aromatic carbocycles. The van der Waals surface area contributed by atoms with Gasteiger partial charge >= 0.3 is 0 Å². The molecule has 0 radical (unpaired) electrons. The van der Waals surface area contributed by atoms with Gasteiger partial charge in [0.05, 0.1) is 11.8 Å². The number of nitrogens with one attached hydrogen (secondary N) is 1. The zero-order chi connectivity index (χ0) is 23.8. The van der Waals surface area contributed by atoms with Gasteiger partial charge in [0.15, 0.2) is 0 Å². The van der Waals surface area contributed by atoms with Crippen LogP contribution in [-0.4, -0.2) is 59.2 Å². The third kappa shape index (κ3) is 6.31. The Morgan fingerprint density at radius 1 is 0.882 bits per heavy atom. The van der Waals surface area contributed by atoms with Gasteiger partial charge in [-0.2, -0.15) is 5.10 Å². The molecule has 1 heterocycles. The number of carbonyl (C=O) groups excluding carboxylic acids is 1. The Kier molecular flexibility index (Phi) is 8.07. The van der Waals surface area contributed by atoms with Crippen molar-refractivity contribution >= 4 is 11.6 Å². The first-order chi connectivity index (χ1) is 16.6. The maximum atomic E-state index is 12.3. The summed E-state index contributed by atoms with van der Waals surface area (Å²) in [6.45, 7) is 6.32. The third-order valence-corrected chi connectivity index (χ3v) is 6.29. The highest BCUT2D eigenvalue weighted by atomic mass is 16.3. The summed E-state index contributed by atoms with van der Waals surface area (Å²) in [7, 11) is 0. The second-order valence-corrected chi connectivity index (χ2v) is 8.63. The van der Waals surface area contributed by atoms with Gasteiger partial charge in [-0.1, -0.05) is 60.7 Å². The smallest absolute Gasteiger partial charge is 0.241 e. The van der Waals surface area contributed by atoms with Gasteiger partial charge < -0.3 is 10.0 Å². The molecule has 1 aliphatic heterocycles. The molecule has 0 atom stereocenters. The minimum Gasteiger partial charge on any atom is -0.508 e. The van der Waals surface area contributed by atoms with Crippen molar-refractivity contribution in [1.29, 1.82) is 0 Å². The van der Waals surface area contributed by atoms with E-state index in [1.807, 2.05) is 6.92 Å². The van der Waals surface area contributed by atoms with E-state index in [1.165, 1.54) is 11.1 Å². The summed E-state index contributed by atoms with van der Waals surface area (Å²) >= 11 is 0. The molecule has 0 saturated carbocycles. The molecule has 0 aliphatic carbocycles. The fraction of sp³-hybridized carbons (Fsp3) is 0.286. The molecule has 6 nitrogen and oxygen atoms in total. The molecule has 34 heavy (non-hydrogen) atoms. The number of hydrogen-bond donors (Lipinski definition) is 2. The van der Waals surface area contributed by atoms with Gasteiger partial charge in [-0.25, -0.2) is 5.43 Å². The lowest BCUT2D eigenvalue weighted by atomic mass is 9.96. The van der Waals surface area contributed by atoms with E-state index < -0.39 is 0 Å². The number of rotatable bonds is 8. The molecule has 1 aliphatic rings. The minimum absolute atomic E-state index is 0.0907. The van der Waals surface area contributed by atoms with Crippen LogP contribution in [0.3, 0.4) is 0 Å². The van der Waals surface area contributed by atoms with Gasteiger partial charge in [-0.05, 0) is 47.9 Å². The number of amides is 1. The van der Waals surface area contributed by atoms with Crippen LogP contribution in [0.4, 0.5) is 0 Å². The molecule has 0 bridgehead atoms. The van der Waals surface area contributed by atoms with E-state index in [9.17, 15) is 9.90 Å². The number of piperazine rings is 1. The van der Waals surface area contributed by atoms with E-state index in [0.29, 0.717) is 12.1 Å². The second-order valence-electron chi connectivity index (χ2n) is 8.63. The Morgan fingerprint density at radius 2 is 1.44 bits per heavy atom. The molecule has 0 aromatic heterocycles. The standard InChI is InChI=1S/C28H32N4O2/c1-22(23-12-14-26(33)15-13-23)29-30-27(34)16-17-31-18-20-32(21-19-31)28(24-8-4-2-5-9-24)25-10-6-3-7-11-25/h2-15,28,33H,16-21H2,1H3,(H,30,34). The number of hydrogen-bond acceptors (Lipinski definition) is 5. The lowest BCUT2D eigenvalue weighted by molar-refractivity contribution is -0.121. The maximum Gasteiger partial charge on any atom is 0.241 e. The molecule has 0 unspecified atom stereocenters. The normalized spacial score (nSPS) is 15.4. The molecule has 2 N–H and O–H groups in total. The van der Waals surface area contributed by atoms with E-state index in [4.69, 9.17) is 0 Å². The summed E-state index contributed by atoms with van der Waals surface area (Å²) in [5.41, 5.74) is 6.84. The van der Waals surface area contributed by atoms with Crippen LogP contribution >= 0.6 is 0 Å². The number of carbonyl (C=O) groups is 1. The number of hydrazone groups is 1. The Bertz CT molecular complexity index is 1040. The lowest BCUT2D eigenvalue weighted by Gasteiger charge is -2.39. The highest BCUT2D eigenvalue weighted by Crippen LogP contribution is 2.29. The van der Waals surface area contributed by atoms with Gasteiger partial charge in [0.1, 0.15) is 5.75 Å². The van der Waals surface area contributed by atoms with Crippen molar-refractivity contribution in [1.82, 2.24) is 15.2 Å². The van der Waals surface area contributed by atoms with Gasteiger partial charge in [0.25, 0.3) is 0 Å². The molecule has 4 rings (SSSR count). The largest absolute Gasteiger partial charge is 0.508 e. The Balaban J connectivity index is 1.28. The van der Waals surface area contributed by atoms with Crippen LogP contribution in [0.1, 0.15) is 36.1 Å². The van der Waals surface area contributed by atoms with Crippen LogP contribution < -0.4 is 5.43 Å². The Morgan fingerprint density at radius 3 is 2.00 bits per heavy atom. The number of phenols is 1. The summed E-state index contributed by atoms with van der Waals surface area (Å²) in [4.78, 5) is 17.2. The fourth-order valence-electron chi connectivity index (χ4n) is 4.36. The maximum absolute atomic E-state index is 12.3. The van der Waals surface area contributed by atoms with Crippen LogP contribution in [0, 0.1) is 0 Å². The highest BCUT2D eigenvalue weighted by molar-refractivity contribution is 5.99. The molecule has 1 fully saturated rings. The van der Waals surface area contributed by atoms with Crippen LogP contribution in [0.5, 0.6) is 5.75 Å². The SMILES string of the molecule is CC(=NNC(=O)CCN1CCN(C(c2ccccc2)c2ccccc2)CC1)c1ccc(O)cc1. The average molecular weight is 457 g/mol.